The van der Waals surface area contributed by atoms with Gasteiger partial charge in [-0.15, -0.1) is 10.2 Å². The Bertz CT molecular complexity index is 1110. The summed E-state index contributed by atoms with van der Waals surface area (Å²) in [6.07, 6.45) is 0.958. The van der Waals surface area contributed by atoms with E-state index in [0.717, 1.165) is 56.9 Å². The third kappa shape index (κ3) is 4.47. The van der Waals surface area contributed by atoms with Gasteiger partial charge in [-0.2, -0.15) is 13.2 Å². The summed E-state index contributed by atoms with van der Waals surface area (Å²) in [6, 6.07) is 3.33. The smallest absolute Gasteiger partial charge is 0.341 e. The van der Waals surface area contributed by atoms with Gasteiger partial charge < -0.3 is 10.2 Å². The van der Waals surface area contributed by atoms with Crippen LogP contribution >= 0.6 is 11.8 Å². The maximum Gasteiger partial charge on any atom is 0.416 e. The van der Waals surface area contributed by atoms with Crippen molar-refractivity contribution in [1.82, 2.24) is 14.8 Å². The van der Waals surface area contributed by atoms with Gasteiger partial charge in [0, 0.05) is 19.1 Å². The van der Waals surface area contributed by atoms with E-state index in [4.69, 9.17) is 0 Å². The molecule has 1 aromatic carbocycles. The van der Waals surface area contributed by atoms with Crippen molar-refractivity contribution in [3.63, 3.8) is 0 Å². The first-order valence-corrected chi connectivity index (χ1v) is 12.3. The first kappa shape index (κ1) is 23.0. The molecule has 3 heterocycles. The van der Waals surface area contributed by atoms with Gasteiger partial charge in [-0.05, 0) is 57.2 Å². The molecule has 2 aromatic rings. The fourth-order valence-corrected chi connectivity index (χ4v) is 5.38. The van der Waals surface area contributed by atoms with Gasteiger partial charge in [-0.1, -0.05) is 11.8 Å². The predicted molar refractivity (Wildman–Crippen MR) is 122 cm³/mol. The number of anilines is 3. The van der Waals surface area contributed by atoms with Crippen molar-refractivity contribution in [2.75, 3.05) is 34.8 Å². The van der Waals surface area contributed by atoms with E-state index in [2.05, 4.69) is 25.0 Å². The SMILES string of the molecule is CC(Sc1nnc(N2CCCCC2)n1C1CC1)C(=O)N1CC(=O)Nc2cc(C(F)(F)F)ccc21. The Balaban J connectivity index is 1.37. The van der Waals surface area contributed by atoms with Crippen molar-refractivity contribution in [1.29, 1.82) is 0 Å². The van der Waals surface area contributed by atoms with E-state index in [0.29, 0.717) is 11.2 Å². The number of alkyl halides is 3. The summed E-state index contributed by atoms with van der Waals surface area (Å²) in [5.41, 5.74) is -0.654. The van der Waals surface area contributed by atoms with Crippen molar-refractivity contribution >= 4 is 40.9 Å². The number of amides is 2. The predicted octanol–water partition coefficient (Wildman–Crippen LogP) is 4.09. The van der Waals surface area contributed by atoms with Gasteiger partial charge in [0.2, 0.25) is 17.8 Å². The van der Waals surface area contributed by atoms with Gasteiger partial charge in [0.15, 0.2) is 5.16 Å². The quantitative estimate of drug-likeness (QED) is 0.631. The monoisotopic (exact) mass is 494 g/mol. The normalized spacial score (nSPS) is 19.6. The molecule has 1 aliphatic carbocycles. The number of piperidine rings is 1. The number of hydrogen-bond donors (Lipinski definition) is 1. The van der Waals surface area contributed by atoms with E-state index in [-0.39, 0.29) is 23.8 Å². The highest BCUT2D eigenvalue weighted by Crippen LogP contribution is 2.43. The van der Waals surface area contributed by atoms with Gasteiger partial charge >= 0.3 is 6.18 Å². The van der Waals surface area contributed by atoms with E-state index in [9.17, 15) is 22.8 Å². The van der Waals surface area contributed by atoms with Crippen molar-refractivity contribution in [3.8, 4) is 0 Å². The van der Waals surface area contributed by atoms with E-state index < -0.39 is 22.9 Å². The fraction of sp³-hybridized carbons (Fsp3) is 0.545. The fourth-order valence-electron chi connectivity index (χ4n) is 4.40. The summed E-state index contributed by atoms with van der Waals surface area (Å²) >= 11 is 1.27. The van der Waals surface area contributed by atoms with Crippen molar-refractivity contribution < 1.29 is 22.8 Å². The molecule has 2 aliphatic heterocycles. The number of thioether (sulfide) groups is 1. The lowest BCUT2D eigenvalue weighted by molar-refractivity contribution is -0.137. The highest BCUT2D eigenvalue weighted by atomic mass is 32.2. The maximum atomic E-state index is 13.3. The Morgan fingerprint density at radius 3 is 2.59 bits per heavy atom. The molecule has 0 spiro atoms. The summed E-state index contributed by atoms with van der Waals surface area (Å²) in [5, 5.41) is 11.3. The van der Waals surface area contributed by atoms with Crippen molar-refractivity contribution in [3.05, 3.63) is 23.8 Å². The van der Waals surface area contributed by atoms with Gasteiger partial charge in [-0.3, -0.25) is 19.1 Å². The van der Waals surface area contributed by atoms with E-state index >= 15 is 0 Å². The van der Waals surface area contributed by atoms with Gasteiger partial charge in [0.1, 0.15) is 6.54 Å². The molecule has 0 radical (unpaired) electrons. The van der Waals surface area contributed by atoms with E-state index in [1.54, 1.807) is 6.92 Å². The molecule has 5 rings (SSSR count). The summed E-state index contributed by atoms with van der Waals surface area (Å²) in [6.45, 7) is 3.33. The van der Waals surface area contributed by atoms with Gasteiger partial charge in [0.05, 0.1) is 22.2 Å². The van der Waals surface area contributed by atoms with Crippen LogP contribution in [0, 0.1) is 0 Å². The molecule has 1 saturated heterocycles. The van der Waals surface area contributed by atoms with Crippen LogP contribution in [-0.2, 0) is 15.8 Å². The lowest BCUT2D eigenvalue weighted by Gasteiger charge is -2.31. The largest absolute Gasteiger partial charge is 0.416 e. The zero-order chi connectivity index (χ0) is 24.0. The van der Waals surface area contributed by atoms with Crippen molar-refractivity contribution in [2.24, 2.45) is 0 Å². The van der Waals surface area contributed by atoms with Crippen LogP contribution in [0.1, 0.15) is 50.6 Å². The average molecular weight is 495 g/mol. The first-order chi connectivity index (χ1) is 16.2. The van der Waals surface area contributed by atoms with Crippen LogP contribution < -0.4 is 15.1 Å². The number of aromatic nitrogens is 3. The molecule has 1 unspecified atom stereocenters. The highest BCUT2D eigenvalue weighted by Gasteiger charge is 2.37. The van der Waals surface area contributed by atoms with Crippen LogP contribution in [0.25, 0.3) is 0 Å². The molecule has 2 amide bonds. The molecular weight excluding hydrogens is 469 g/mol. The van der Waals surface area contributed by atoms with Gasteiger partial charge in [-0.25, -0.2) is 0 Å². The number of rotatable bonds is 5. The van der Waals surface area contributed by atoms with Crippen LogP contribution in [0.3, 0.4) is 0 Å². The maximum absolute atomic E-state index is 13.3. The number of carbonyl (C=O) groups excluding carboxylic acids is 2. The molecule has 1 saturated carbocycles. The Labute approximate surface area is 198 Å². The third-order valence-electron chi connectivity index (χ3n) is 6.28. The number of halogens is 3. The molecule has 182 valence electrons. The second-order valence-corrected chi connectivity index (χ2v) is 10.2. The number of carbonyl (C=O) groups is 2. The molecule has 1 aromatic heterocycles. The molecule has 8 nitrogen and oxygen atoms in total. The summed E-state index contributed by atoms with van der Waals surface area (Å²) < 4.78 is 41.4. The van der Waals surface area contributed by atoms with Crippen LogP contribution in [-0.4, -0.2) is 51.5 Å². The van der Waals surface area contributed by atoms with E-state index in [1.165, 1.54) is 29.1 Å². The molecule has 1 N–H and O–H groups in total. The molecular formula is C22H25F3N6O2S. The second-order valence-electron chi connectivity index (χ2n) is 8.89. The highest BCUT2D eigenvalue weighted by molar-refractivity contribution is 8.00. The second kappa shape index (κ2) is 8.79. The van der Waals surface area contributed by atoms with Crippen LogP contribution in [0.2, 0.25) is 0 Å². The summed E-state index contributed by atoms with van der Waals surface area (Å²) in [5.74, 6) is -0.0663. The molecule has 0 bridgehead atoms. The number of hydrogen-bond acceptors (Lipinski definition) is 6. The molecule has 12 heteroatoms. The number of nitrogens with zero attached hydrogens (tertiary/aromatic N) is 5. The Morgan fingerprint density at radius 1 is 1.18 bits per heavy atom. The summed E-state index contributed by atoms with van der Waals surface area (Å²) in [7, 11) is 0. The molecule has 3 aliphatic rings. The third-order valence-corrected chi connectivity index (χ3v) is 7.33. The lowest BCUT2D eigenvalue weighted by atomic mass is 10.1. The number of fused-ring (bicyclic) bond motifs is 1. The van der Waals surface area contributed by atoms with Crippen LogP contribution in [0.4, 0.5) is 30.5 Å². The number of nitrogens with one attached hydrogen (secondary N) is 1. The Kier molecular flexibility index (Phi) is 5.95. The lowest BCUT2D eigenvalue weighted by Crippen LogP contribution is -2.45. The summed E-state index contributed by atoms with van der Waals surface area (Å²) in [4.78, 5) is 29.0. The topological polar surface area (TPSA) is 83.4 Å². The average Bonchev–Trinajstić information content (AvgIpc) is 3.57. The minimum Gasteiger partial charge on any atom is -0.341 e. The van der Waals surface area contributed by atoms with Crippen LogP contribution in [0.15, 0.2) is 23.4 Å². The van der Waals surface area contributed by atoms with E-state index in [1.807, 2.05) is 0 Å². The Morgan fingerprint density at radius 2 is 1.91 bits per heavy atom. The zero-order valence-electron chi connectivity index (χ0n) is 18.6. The molecule has 1 atom stereocenters. The number of benzene rings is 1. The Hall–Kier alpha value is -2.76. The zero-order valence-corrected chi connectivity index (χ0v) is 19.5. The molecule has 2 fully saturated rings. The minimum atomic E-state index is -4.55. The van der Waals surface area contributed by atoms with Crippen LogP contribution in [0.5, 0.6) is 0 Å². The van der Waals surface area contributed by atoms with Crippen molar-refractivity contribution in [2.45, 2.75) is 61.7 Å². The van der Waals surface area contributed by atoms with Gasteiger partial charge in [0.25, 0.3) is 0 Å². The standard InChI is InChI=1S/C22H25F3N6O2S/c1-13(34-21-28-27-20(31(21)15-6-7-15)29-9-3-2-4-10-29)19(33)30-12-18(32)26-16-11-14(22(23,24)25)5-8-17(16)30/h5,8,11,13,15H,2-4,6-7,9-10,12H2,1H3,(H,26,32). The minimum absolute atomic E-state index is 0.0230. The molecule has 34 heavy (non-hydrogen) atoms. The first-order valence-electron chi connectivity index (χ1n) is 11.4.